The van der Waals surface area contributed by atoms with Gasteiger partial charge in [-0.2, -0.15) is 0 Å². The molecule has 11 aromatic rings. The highest BCUT2D eigenvalue weighted by molar-refractivity contribution is 6.22. The van der Waals surface area contributed by atoms with Crippen LogP contribution in [0.5, 0.6) is 0 Å². The molecule has 9 aromatic carbocycles. The maximum atomic E-state index is 6.82. The van der Waals surface area contributed by atoms with Crippen molar-refractivity contribution in [1.82, 2.24) is 4.57 Å². The van der Waals surface area contributed by atoms with Crippen molar-refractivity contribution in [3.05, 3.63) is 206 Å². The molecule has 0 fully saturated rings. The predicted octanol–water partition coefficient (Wildman–Crippen LogP) is 14.6. The van der Waals surface area contributed by atoms with Gasteiger partial charge in [-0.25, -0.2) is 0 Å². The van der Waals surface area contributed by atoms with Crippen LogP contribution in [0.1, 0.15) is 0 Å². The number of para-hydroxylation sites is 2. The van der Waals surface area contributed by atoms with Gasteiger partial charge in [-0.3, -0.25) is 0 Å². The first-order valence-electron chi connectivity index (χ1n) is 18.8. The van der Waals surface area contributed by atoms with Gasteiger partial charge in [0, 0.05) is 44.2 Å². The minimum absolute atomic E-state index is 0.884. The third-order valence-electron chi connectivity index (χ3n) is 11.0. The van der Waals surface area contributed by atoms with Crippen molar-refractivity contribution in [3.8, 4) is 27.9 Å². The van der Waals surface area contributed by atoms with E-state index in [1.165, 1.54) is 38.2 Å². The number of aromatic nitrogens is 1. The fourth-order valence-corrected chi connectivity index (χ4v) is 8.50. The number of furan rings is 1. The molecule has 2 aromatic heterocycles. The topological polar surface area (TPSA) is 21.3 Å². The van der Waals surface area contributed by atoms with Crippen molar-refractivity contribution >= 4 is 71.6 Å². The lowest BCUT2D eigenvalue weighted by atomic mass is 9.98. The predicted molar refractivity (Wildman–Crippen MR) is 231 cm³/mol. The highest BCUT2D eigenvalue weighted by Gasteiger charge is 2.24. The van der Waals surface area contributed by atoms with E-state index in [1.807, 2.05) is 0 Å². The highest BCUT2D eigenvalue weighted by atomic mass is 16.3. The second-order valence-electron chi connectivity index (χ2n) is 14.1. The molecule has 0 bridgehead atoms. The third-order valence-corrected chi connectivity index (χ3v) is 11.0. The van der Waals surface area contributed by atoms with Gasteiger partial charge in [0.2, 0.25) is 0 Å². The Morgan fingerprint density at radius 1 is 0.400 bits per heavy atom. The van der Waals surface area contributed by atoms with Crippen LogP contribution in [0.25, 0.3) is 82.5 Å². The SMILES string of the molecule is c1ccc(-c2ccc(N(c3cc(-c4ccccc4)c4oc5ccc6ccccc6c5c4c3)c3cccc4c3c3ccccc3n4-c3ccccc3)cc2)cc1. The van der Waals surface area contributed by atoms with Crippen LogP contribution in [0.3, 0.4) is 0 Å². The summed E-state index contributed by atoms with van der Waals surface area (Å²) in [6.07, 6.45) is 0. The standard InChI is InChI=1S/C52H34N2O/c1-4-15-35(16-5-1)36-27-30-40(31-28-36)53(47-25-14-26-48-51(47)43-23-12-13-24-46(43)54(48)39-20-8-3-9-21-39)41-33-44(37-17-6-2-7-18-37)52-45(34-41)50-42-22-11-10-19-38(42)29-32-49(50)55-52/h1-34H. The first kappa shape index (κ1) is 31.2. The van der Waals surface area contributed by atoms with Crippen LogP contribution in [0, 0.1) is 0 Å². The molecule has 258 valence electrons. The summed E-state index contributed by atoms with van der Waals surface area (Å²) in [5.41, 5.74) is 13.0. The molecule has 0 atom stereocenters. The van der Waals surface area contributed by atoms with Crippen LogP contribution >= 0.6 is 0 Å². The number of hydrogen-bond acceptors (Lipinski definition) is 2. The Labute approximate surface area is 318 Å². The Hall–Kier alpha value is -7.36. The van der Waals surface area contributed by atoms with Crippen molar-refractivity contribution in [2.24, 2.45) is 0 Å². The lowest BCUT2D eigenvalue weighted by Crippen LogP contribution is -2.10. The Morgan fingerprint density at radius 3 is 1.82 bits per heavy atom. The molecule has 0 saturated heterocycles. The average molecular weight is 703 g/mol. The smallest absolute Gasteiger partial charge is 0.143 e. The molecule has 2 heterocycles. The second-order valence-corrected chi connectivity index (χ2v) is 14.1. The summed E-state index contributed by atoms with van der Waals surface area (Å²) >= 11 is 0. The van der Waals surface area contributed by atoms with Crippen molar-refractivity contribution < 1.29 is 4.42 Å². The first-order valence-corrected chi connectivity index (χ1v) is 18.8. The van der Waals surface area contributed by atoms with E-state index in [1.54, 1.807) is 0 Å². The van der Waals surface area contributed by atoms with Gasteiger partial charge in [0.15, 0.2) is 0 Å². The summed E-state index contributed by atoms with van der Waals surface area (Å²) in [4.78, 5) is 2.44. The molecular formula is C52H34N2O. The first-order chi connectivity index (χ1) is 27.3. The molecule has 0 aliphatic carbocycles. The Balaban J connectivity index is 1.25. The van der Waals surface area contributed by atoms with E-state index < -0.39 is 0 Å². The van der Waals surface area contributed by atoms with Crippen molar-refractivity contribution in [2.45, 2.75) is 0 Å². The molecule has 3 nitrogen and oxygen atoms in total. The van der Waals surface area contributed by atoms with Crippen molar-refractivity contribution in [3.63, 3.8) is 0 Å². The van der Waals surface area contributed by atoms with Crippen molar-refractivity contribution in [1.29, 1.82) is 0 Å². The van der Waals surface area contributed by atoms with E-state index in [-0.39, 0.29) is 0 Å². The van der Waals surface area contributed by atoms with Gasteiger partial charge < -0.3 is 13.9 Å². The van der Waals surface area contributed by atoms with Gasteiger partial charge in [0.1, 0.15) is 11.2 Å². The zero-order valence-corrected chi connectivity index (χ0v) is 29.9. The van der Waals surface area contributed by atoms with Gasteiger partial charge >= 0.3 is 0 Å². The van der Waals surface area contributed by atoms with Crippen LogP contribution < -0.4 is 4.90 Å². The normalized spacial score (nSPS) is 11.6. The van der Waals surface area contributed by atoms with Gasteiger partial charge in [-0.15, -0.1) is 0 Å². The van der Waals surface area contributed by atoms with E-state index in [0.29, 0.717) is 0 Å². The summed E-state index contributed by atoms with van der Waals surface area (Å²) in [6, 6.07) is 73.9. The molecule has 0 amide bonds. The number of rotatable bonds is 6. The van der Waals surface area contributed by atoms with Crippen LogP contribution in [0.15, 0.2) is 211 Å². The fraction of sp³-hybridized carbons (Fsp3) is 0. The van der Waals surface area contributed by atoms with E-state index in [4.69, 9.17) is 4.42 Å². The molecule has 0 spiro atoms. The molecular weight excluding hydrogens is 669 g/mol. The molecule has 0 aliphatic heterocycles. The van der Waals surface area contributed by atoms with Crippen LogP contribution in [-0.2, 0) is 0 Å². The summed E-state index contributed by atoms with van der Waals surface area (Å²) in [5.74, 6) is 0. The molecule has 0 radical (unpaired) electrons. The molecule has 11 rings (SSSR count). The number of anilines is 3. The minimum atomic E-state index is 0.884. The number of nitrogens with zero attached hydrogens (tertiary/aromatic N) is 2. The van der Waals surface area contributed by atoms with Crippen LogP contribution in [0.4, 0.5) is 17.1 Å². The van der Waals surface area contributed by atoms with E-state index >= 15 is 0 Å². The molecule has 0 saturated carbocycles. The quantitative estimate of drug-likeness (QED) is 0.172. The second kappa shape index (κ2) is 12.6. The lowest BCUT2D eigenvalue weighted by Gasteiger charge is -2.27. The zero-order chi connectivity index (χ0) is 36.3. The summed E-state index contributed by atoms with van der Waals surface area (Å²) in [6.45, 7) is 0. The number of hydrogen-bond donors (Lipinski definition) is 0. The number of fused-ring (bicyclic) bond motifs is 8. The van der Waals surface area contributed by atoms with E-state index in [9.17, 15) is 0 Å². The number of benzene rings is 9. The molecule has 3 heteroatoms. The average Bonchev–Trinajstić information content (AvgIpc) is 3.81. The van der Waals surface area contributed by atoms with E-state index in [0.717, 1.165) is 61.3 Å². The molecule has 0 unspecified atom stereocenters. The highest BCUT2D eigenvalue weighted by Crippen LogP contribution is 2.48. The van der Waals surface area contributed by atoms with Crippen LogP contribution in [-0.4, -0.2) is 4.57 Å². The summed E-state index contributed by atoms with van der Waals surface area (Å²) in [5, 5.41) is 6.99. The molecule has 55 heavy (non-hydrogen) atoms. The largest absolute Gasteiger partial charge is 0.455 e. The third kappa shape index (κ3) is 5.05. The van der Waals surface area contributed by atoms with Gasteiger partial charge in [-0.1, -0.05) is 146 Å². The Kier molecular flexibility index (Phi) is 7.17. The fourth-order valence-electron chi connectivity index (χ4n) is 8.50. The summed E-state index contributed by atoms with van der Waals surface area (Å²) < 4.78 is 9.20. The lowest BCUT2D eigenvalue weighted by molar-refractivity contribution is 0.670. The Bertz CT molecular complexity index is 3180. The van der Waals surface area contributed by atoms with Gasteiger partial charge in [0.25, 0.3) is 0 Å². The monoisotopic (exact) mass is 702 g/mol. The summed E-state index contributed by atoms with van der Waals surface area (Å²) in [7, 11) is 0. The minimum Gasteiger partial charge on any atom is -0.455 e. The maximum absolute atomic E-state index is 6.82. The maximum Gasteiger partial charge on any atom is 0.143 e. The Morgan fingerprint density at radius 2 is 1.04 bits per heavy atom. The van der Waals surface area contributed by atoms with Gasteiger partial charge in [0.05, 0.1) is 16.7 Å². The van der Waals surface area contributed by atoms with Crippen LogP contribution in [0.2, 0.25) is 0 Å². The molecule has 0 aliphatic rings. The van der Waals surface area contributed by atoms with E-state index in [2.05, 4.69) is 216 Å². The van der Waals surface area contributed by atoms with Gasteiger partial charge in [-0.05, 0) is 88.1 Å². The molecule has 0 N–H and O–H groups in total. The zero-order valence-electron chi connectivity index (χ0n) is 29.9. The van der Waals surface area contributed by atoms with Crippen molar-refractivity contribution in [2.75, 3.05) is 4.90 Å².